The summed E-state index contributed by atoms with van der Waals surface area (Å²) in [5, 5.41) is 18.5. The molecule has 0 aromatic carbocycles. The summed E-state index contributed by atoms with van der Waals surface area (Å²) < 4.78 is 28.4. The van der Waals surface area contributed by atoms with Gasteiger partial charge < -0.3 is 14.9 Å². The van der Waals surface area contributed by atoms with Crippen LogP contribution < -0.4 is 0 Å². The van der Waals surface area contributed by atoms with Crippen molar-refractivity contribution in [3.8, 4) is 0 Å². The van der Waals surface area contributed by atoms with Gasteiger partial charge in [-0.1, -0.05) is 0 Å². The van der Waals surface area contributed by atoms with Crippen molar-refractivity contribution in [2.45, 2.75) is 31.1 Å². The number of hydrogen-bond donors (Lipinski definition) is 2. The molecule has 2 N–H and O–H groups in total. The van der Waals surface area contributed by atoms with Crippen molar-refractivity contribution < 1.29 is 23.4 Å². The number of sulfone groups is 1. The van der Waals surface area contributed by atoms with Gasteiger partial charge in [0.15, 0.2) is 9.84 Å². The minimum Gasteiger partial charge on any atom is -0.394 e. The molecule has 0 amide bonds. The standard InChI is InChI=1S/C11H21NO5S/c13-5-6-17-9-1-3-12(4-2-9)10-7-18(15,16)8-11(10)14/h9-11,13-14H,1-8H2. The van der Waals surface area contributed by atoms with Crippen LogP contribution in [0, 0.1) is 0 Å². The molecule has 2 heterocycles. The summed E-state index contributed by atoms with van der Waals surface area (Å²) in [5.74, 6) is -0.0467. The Bertz CT molecular complexity index is 364. The largest absolute Gasteiger partial charge is 0.394 e. The van der Waals surface area contributed by atoms with Crippen LogP contribution in [0.1, 0.15) is 12.8 Å². The fourth-order valence-corrected chi connectivity index (χ4v) is 4.58. The highest BCUT2D eigenvalue weighted by Gasteiger charge is 2.40. The molecule has 0 aliphatic carbocycles. The Morgan fingerprint density at radius 3 is 2.39 bits per heavy atom. The van der Waals surface area contributed by atoms with Crippen LogP contribution in [0.2, 0.25) is 0 Å². The van der Waals surface area contributed by atoms with E-state index in [4.69, 9.17) is 9.84 Å². The first-order chi connectivity index (χ1) is 8.52. The van der Waals surface area contributed by atoms with E-state index in [9.17, 15) is 13.5 Å². The number of rotatable bonds is 4. The predicted octanol–water partition coefficient (Wildman–Crippen LogP) is -1.38. The molecule has 2 unspecified atom stereocenters. The lowest BCUT2D eigenvalue weighted by Crippen LogP contribution is -2.48. The van der Waals surface area contributed by atoms with Crippen molar-refractivity contribution in [3.63, 3.8) is 0 Å². The molecule has 0 aromatic rings. The lowest BCUT2D eigenvalue weighted by molar-refractivity contribution is -0.0239. The zero-order chi connectivity index (χ0) is 13.2. The van der Waals surface area contributed by atoms with Gasteiger partial charge in [-0.15, -0.1) is 0 Å². The molecule has 0 spiro atoms. The predicted molar refractivity (Wildman–Crippen MR) is 66.1 cm³/mol. The van der Waals surface area contributed by atoms with Gasteiger partial charge >= 0.3 is 0 Å². The number of nitrogens with zero attached hydrogens (tertiary/aromatic N) is 1. The number of aliphatic hydroxyl groups excluding tert-OH is 2. The van der Waals surface area contributed by atoms with Gasteiger partial charge in [0.05, 0.1) is 43.0 Å². The molecular formula is C11H21NO5S. The third-order valence-electron chi connectivity index (χ3n) is 3.68. The summed E-state index contributed by atoms with van der Waals surface area (Å²) in [6.07, 6.45) is 1.03. The average molecular weight is 279 g/mol. The van der Waals surface area contributed by atoms with Gasteiger partial charge in [0, 0.05) is 13.1 Å². The number of aliphatic hydroxyl groups is 2. The van der Waals surface area contributed by atoms with Gasteiger partial charge in [0.2, 0.25) is 0 Å². The smallest absolute Gasteiger partial charge is 0.154 e. The molecule has 0 radical (unpaired) electrons. The van der Waals surface area contributed by atoms with Gasteiger partial charge in [0.25, 0.3) is 0 Å². The summed E-state index contributed by atoms with van der Waals surface area (Å²) in [6.45, 7) is 1.87. The average Bonchev–Trinajstić information content (AvgIpc) is 2.61. The molecule has 0 aromatic heterocycles. The molecule has 2 fully saturated rings. The highest BCUT2D eigenvalue weighted by atomic mass is 32.2. The Morgan fingerprint density at radius 2 is 1.89 bits per heavy atom. The van der Waals surface area contributed by atoms with Crippen molar-refractivity contribution in [2.75, 3.05) is 37.8 Å². The molecule has 2 aliphatic rings. The summed E-state index contributed by atoms with van der Waals surface area (Å²) in [4.78, 5) is 2.05. The lowest BCUT2D eigenvalue weighted by atomic mass is 10.0. The van der Waals surface area contributed by atoms with Crippen LogP contribution in [-0.2, 0) is 14.6 Å². The lowest BCUT2D eigenvalue weighted by Gasteiger charge is -2.36. The van der Waals surface area contributed by atoms with Crippen molar-refractivity contribution >= 4 is 9.84 Å². The second-order valence-electron chi connectivity index (χ2n) is 5.04. The van der Waals surface area contributed by atoms with E-state index in [1.54, 1.807) is 0 Å². The Labute approximate surface area is 107 Å². The normalized spacial score (nSPS) is 33.9. The molecule has 2 rings (SSSR count). The Hall–Kier alpha value is -0.210. The molecule has 2 aliphatic heterocycles. The molecule has 0 bridgehead atoms. The number of likely N-dealkylation sites (tertiary alicyclic amines) is 1. The summed E-state index contributed by atoms with van der Waals surface area (Å²) in [6, 6.07) is -0.256. The number of hydrogen-bond acceptors (Lipinski definition) is 6. The van der Waals surface area contributed by atoms with Gasteiger partial charge in [-0.3, -0.25) is 4.90 Å². The van der Waals surface area contributed by atoms with Crippen LogP contribution in [0.4, 0.5) is 0 Å². The Kier molecular flexibility index (Phi) is 4.60. The second-order valence-corrected chi connectivity index (χ2v) is 7.20. The van der Waals surface area contributed by atoms with Gasteiger partial charge in [-0.2, -0.15) is 0 Å². The zero-order valence-electron chi connectivity index (χ0n) is 10.4. The van der Waals surface area contributed by atoms with Crippen molar-refractivity contribution in [1.82, 2.24) is 4.90 Å². The minimum atomic E-state index is -3.08. The van der Waals surface area contributed by atoms with Gasteiger partial charge in [0.1, 0.15) is 0 Å². The Balaban J connectivity index is 1.83. The van der Waals surface area contributed by atoms with E-state index in [1.165, 1.54) is 0 Å². The van der Waals surface area contributed by atoms with Crippen LogP contribution in [0.25, 0.3) is 0 Å². The topological polar surface area (TPSA) is 87.1 Å². The molecule has 6 nitrogen and oxygen atoms in total. The summed E-state index contributed by atoms with van der Waals surface area (Å²) in [7, 11) is -3.08. The fourth-order valence-electron chi connectivity index (χ4n) is 2.75. The van der Waals surface area contributed by atoms with E-state index < -0.39 is 15.9 Å². The first-order valence-electron chi connectivity index (χ1n) is 6.37. The maximum Gasteiger partial charge on any atom is 0.154 e. The zero-order valence-corrected chi connectivity index (χ0v) is 11.2. The first-order valence-corrected chi connectivity index (χ1v) is 8.19. The molecule has 106 valence electrons. The fraction of sp³-hybridized carbons (Fsp3) is 1.00. The molecule has 18 heavy (non-hydrogen) atoms. The van der Waals surface area contributed by atoms with E-state index in [0.717, 1.165) is 25.9 Å². The third-order valence-corrected chi connectivity index (χ3v) is 5.38. The van der Waals surface area contributed by atoms with Crippen LogP contribution in [0.5, 0.6) is 0 Å². The summed E-state index contributed by atoms with van der Waals surface area (Å²) in [5.41, 5.74) is 0. The van der Waals surface area contributed by atoms with Gasteiger partial charge in [-0.25, -0.2) is 8.42 Å². The monoisotopic (exact) mass is 279 g/mol. The molecule has 2 saturated heterocycles. The van der Waals surface area contributed by atoms with Crippen molar-refractivity contribution in [1.29, 1.82) is 0 Å². The van der Waals surface area contributed by atoms with E-state index in [1.807, 2.05) is 4.90 Å². The van der Waals surface area contributed by atoms with Crippen LogP contribution in [-0.4, -0.2) is 79.6 Å². The second kappa shape index (κ2) is 5.83. The number of piperidine rings is 1. The minimum absolute atomic E-state index is 0.0276. The highest BCUT2D eigenvalue weighted by molar-refractivity contribution is 7.91. The van der Waals surface area contributed by atoms with E-state index in [0.29, 0.717) is 6.61 Å². The quantitative estimate of drug-likeness (QED) is 0.659. The Morgan fingerprint density at radius 1 is 1.22 bits per heavy atom. The molecule has 0 saturated carbocycles. The third kappa shape index (κ3) is 3.42. The van der Waals surface area contributed by atoms with Crippen LogP contribution in [0.15, 0.2) is 0 Å². The van der Waals surface area contributed by atoms with E-state index in [-0.39, 0.29) is 30.3 Å². The summed E-state index contributed by atoms with van der Waals surface area (Å²) >= 11 is 0. The molecule has 2 atom stereocenters. The first kappa shape index (κ1) is 14.2. The maximum atomic E-state index is 11.5. The van der Waals surface area contributed by atoms with Gasteiger partial charge in [-0.05, 0) is 12.8 Å². The SMILES string of the molecule is O=S1(=O)CC(O)C(N2CCC(OCCO)CC2)C1. The number of ether oxygens (including phenoxy) is 1. The van der Waals surface area contributed by atoms with Crippen molar-refractivity contribution in [2.24, 2.45) is 0 Å². The van der Waals surface area contributed by atoms with E-state index in [2.05, 4.69) is 0 Å². The molecular weight excluding hydrogens is 258 g/mol. The van der Waals surface area contributed by atoms with Crippen molar-refractivity contribution in [3.05, 3.63) is 0 Å². The molecule has 7 heteroatoms. The van der Waals surface area contributed by atoms with Crippen LogP contribution >= 0.6 is 0 Å². The van der Waals surface area contributed by atoms with Crippen LogP contribution in [0.3, 0.4) is 0 Å². The van der Waals surface area contributed by atoms with E-state index >= 15 is 0 Å². The highest BCUT2D eigenvalue weighted by Crippen LogP contribution is 2.23. The maximum absolute atomic E-state index is 11.5.